The number of carbonyl (C=O) groups is 1. The second-order valence-corrected chi connectivity index (χ2v) is 6.05. The lowest BCUT2D eigenvalue weighted by atomic mass is 9.96. The zero-order chi connectivity index (χ0) is 14.4. The summed E-state index contributed by atoms with van der Waals surface area (Å²) in [4.78, 5) is 16.5. The summed E-state index contributed by atoms with van der Waals surface area (Å²) in [6, 6.07) is 0.729. The van der Waals surface area contributed by atoms with Gasteiger partial charge in [-0.15, -0.1) is 0 Å². The highest BCUT2D eigenvalue weighted by Gasteiger charge is 2.25. The highest BCUT2D eigenvalue weighted by atomic mass is 16.5. The van der Waals surface area contributed by atoms with Gasteiger partial charge in [0, 0.05) is 31.6 Å². The number of likely N-dealkylation sites (tertiary alicyclic amines) is 1. The van der Waals surface area contributed by atoms with Gasteiger partial charge >= 0.3 is 0 Å². The van der Waals surface area contributed by atoms with Gasteiger partial charge in [-0.25, -0.2) is 0 Å². The van der Waals surface area contributed by atoms with Crippen molar-refractivity contribution in [3.05, 3.63) is 0 Å². The Bertz CT molecular complexity index is 303. The van der Waals surface area contributed by atoms with Crippen molar-refractivity contribution in [2.75, 3.05) is 39.4 Å². The van der Waals surface area contributed by atoms with Crippen LogP contribution in [0.4, 0.5) is 0 Å². The molecule has 0 saturated carbocycles. The van der Waals surface area contributed by atoms with Gasteiger partial charge in [-0.1, -0.05) is 6.42 Å². The number of amides is 1. The Labute approximate surface area is 122 Å². The summed E-state index contributed by atoms with van der Waals surface area (Å²) in [5, 5.41) is 0. The van der Waals surface area contributed by atoms with Crippen molar-refractivity contribution in [2.45, 2.75) is 51.1 Å². The first-order valence-corrected chi connectivity index (χ1v) is 8.03. The molecule has 0 aliphatic carbocycles. The molecule has 2 fully saturated rings. The van der Waals surface area contributed by atoms with Gasteiger partial charge in [0.05, 0.1) is 13.2 Å². The molecule has 0 aromatic rings. The molecule has 2 N–H and O–H groups in total. The van der Waals surface area contributed by atoms with Crippen molar-refractivity contribution < 1.29 is 9.53 Å². The average Bonchev–Trinajstić information content (AvgIpc) is 2.48. The standard InChI is InChI=1S/C15H29N3O2/c1-13(16)14-5-2-3-7-17(14)8-4-6-15(19)18-9-11-20-12-10-18/h13-14H,2-12,16H2,1H3. The number of carbonyl (C=O) groups excluding carboxylic acids is 1. The molecule has 0 radical (unpaired) electrons. The molecule has 116 valence electrons. The number of ether oxygens (including phenoxy) is 1. The number of piperidine rings is 1. The van der Waals surface area contributed by atoms with Crippen LogP contribution in [0.2, 0.25) is 0 Å². The van der Waals surface area contributed by atoms with E-state index in [1.165, 1.54) is 19.3 Å². The van der Waals surface area contributed by atoms with Crippen LogP contribution in [0.5, 0.6) is 0 Å². The quantitative estimate of drug-likeness (QED) is 0.812. The van der Waals surface area contributed by atoms with Gasteiger partial charge in [0.1, 0.15) is 0 Å². The number of hydrogen-bond donors (Lipinski definition) is 1. The number of rotatable bonds is 5. The monoisotopic (exact) mass is 283 g/mol. The Morgan fingerprint density at radius 2 is 2.05 bits per heavy atom. The summed E-state index contributed by atoms with van der Waals surface area (Å²) in [5.41, 5.74) is 6.08. The van der Waals surface area contributed by atoms with E-state index in [-0.39, 0.29) is 11.9 Å². The lowest BCUT2D eigenvalue weighted by Crippen LogP contribution is -2.49. The van der Waals surface area contributed by atoms with Crippen molar-refractivity contribution in [3.63, 3.8) is 0 Å². The van der Waals surface area contributed by atoms with E-state index in [9.17, 15) is 4.79 Å². The van der Waals surface area contributed by atoms with Gasteiger partial charge < -0.3 is 15.4 Å². The van der Waals surface area contributed by atoms with E-state index in [1.54, 1.807) is 0 Å². The summed E-state index contributed by atoms with van der Waals surface area (Å²) in [6.07, 6.45) is 5.35. The van der Waals surface area contributed by atoms with Crippen LogP contribution in [-0.2, 0) is 9.53 Å². The molecule has 0 aromatic carbocycles. The summed E-state index contributed by atoms with van der Waals surface area (Å²) in [7, 11) is 0. The lowest BCUT2D eigenvalue weighted by molar-refractivity contribution is -0.135. The molecule has 0 aromatic heterocycles. The average molecular weight is 283 g/mol. The largest absolute Gasteiger partial charge is 0.378 e. The van der Waals surface area contributed by atoms with Crippen molar-refractivity contribution in [3.8, 4) is 0 Å². The molecule has 5 heteroatoms. The Kier molecular flexibility index (Phi) is 6.26. The minimum absolute atomic E-state index is 0.227. The van der Waals surface area contributed by atoms with Gasteiger partial charge in [0.2, 0.25) is 5.91 Å². The summed E-state index contributed by atoms with van der Waals surface area (Å²) in [5.74, 6) is 0.280. The minimum atomic E-state index is 0.227. The number of nitrogens with zero attached hydrogens (tertiary/aromatic N) is 2. The van der Waals surface area contributed by atoms with E-state index in [2.05, 4.69) is 11.8 Å². The van der Waals surface area contributed by atoms with E-state index in [1.807, 2.05) is 4.90 Å². The Balaban J connectivity index is 1.69. The third-order valence-electron chi connectivity index (χ3n) is 4.47. The molecule has 2 aliphatic heterocycles. The maximum Gasteiger partial charge on any atom is 0.222 e. The maximum absolute atomic E-state index is 12.1. The van der Waals surface area contributed by atoms with Gasteiger partial charge in [-0.05, 0) is 39.3 Å². The Hall–Kier alpha value is -0.650. The van der Waals surface area contributed by atoms with Crippen LogP contribution in [0.15, 0.2) is 0 Å². The molecule has 2 heterocycles. The first-order valence-electron chi connectivity index (χ1n) is 8.03. The normalized spacial score (nSPS) is 26.5. The smallest absolute Gasteiger partial charge is 0.222 e. The van der Waals surface area contributed by atoms with Crippen LogP contribution in [0.25, 0.3) is 0 Å². The molecular weight excluding hydrogens is 254 g/mol. The fourth-order valence-corrected chi connectivity index (χ4v) is 3.29. The van der Waals surface area contributed by atoms with Crippen molar-refractivity contribution >= 4 is 5.91 Å². The number of nitrogens with two attached hydrogens (primary N) is 1. The molecule has 2 aliphatic rings. The van der Waals surface area contributed by atoms with Gasteiger partial charge in [-0.2, -0.15) is 0 Å². The molecule has 2 unspecified atom stereocenters. The zero-order valence-electron chi connectivity index (χ0n) is 12.7. The van der Waals surface area contributed by atoms with Gasteiger partial charge in [0.15, 0.2) is 0 Å². The molecule has 2 saturated heterocycles. The first-order chi connectivity index (χ1) is 9.68. The Morgan fingerprint density at radius 3 is 2.75 bits per heavy atom. The maximum atomic E-state index is 12.1. The van der Waals surface area contributed by atoms with Crippen LogP contribution in [0, 0.1) is 0 Å². The second-order valence-electron chi connectivity index (χ2n) is 6.05. The molecule has 2 rings (SSSR count). The lowest BCUT2D eigenvalue weighted by Gasteiger charge is -2.38. The van der Waals surface area contributed by atoms with Crippen LogP contribution in [0.1, 0.15) is 39.0 Å². The van der Waals surface area contributed by atoms with E-state index >= 15 is 0 Å². The Morgan fingerprint density at radius 1 is 1.30 bits per heavy atom. The van der Waals surface area contributed by atoms with Gasteiger partial charge in [-0.3, -0.25) is 9.69 Å². The zero-order valence-corrected chi connectivity index (χ0v) is 12.7. The molecule has 20 heavy (non-hydrogen) atoms. The first kappa shape index (κ1) is 15.7. The topological polar surface area (TPSA) is 58.8 Å². The fraction of sp³-hybridized carbons (Fsp3) is 0.933. The van der Waals surface area contributed by atoms with E-state index in [0.717, 1.165) is 32.6 Å². The molecule has 1 amide bonds. The van der Waals surface area contributed by atoms with Crippen LogP contribution in [-0.4, -0.2) is 67.2 Å². The highest BCUT2D eigenvalue weighted by molar-refractivity contribution is 5.76. The second kappa shape index (κ2) is 7.96. The van der Waals surface area contributed by atoms with Crippen molar-refractivity contribution in [1.82, 2.24) is 9.80 Å². The van der Waals surface area contributed by atoms with Crippen LogP contribution >= 0.6 is 0 Å². The van der Waals surface area contributed by atoms with E-state index < -0.39 is 0 Å². The fourth-order valence-electron chi connectivity index (χ4n) is 3.29. The number of hydrogen-bond acceptors (Lipinski definition) is 4. The highest BCUT2D eigenvalue weighted by Crippen LogP contribution is 2.19. The molecule has 0 spiro atoms. The number of morpholine rings is 1. The molecule has 0 bridgehead atoms. The van der Waals surface area contributed by atoms with Gasteiger partial charge in [0.25, 0.3) is 0 Å². The van der Waals surface area contributed by atoms with Crippen LogP contribution < -0.4 is 5.73 Å². The third kappa shape index (κ3) is 4.43. The summed E-state index contributed by atoms with van der Waals surface area (Å²) < 4.78 is 5.27. The molecule has 2 atom stereocenters. The minimum Gasteiger partial charge on any atom is -0.378 e. The predicted molar refractivity (Wildman–Crippen MR) is 79.5 cm³/mol. The summed E-state index contributed by atoms with van der Waals surface area (Å²) in [6.45, 7) is 7.12. The summed E-state index contributed by atoms with van der Waals surface area (Å²) >= 11 is 0. The van der Waals surface area contributed by atoms with E-state index in [0.29, 0.717) is 25.7 Å². The van der Waals surface area contributed by atoms with Crippen molar-refractivity contribution in [2.24, 2.45) is 5.73 Å². The van der Waals surface area contributed by atoms with Crippen LogP contribution in [0.3, 0.4) is 0 Å². The van der Waals surface area contributed by atoms with Crippen molar-refractivity contribution in [1.29, 1.82) is 0 Å². The van der Waals surface area contributed by atoms with E-state index in [4.69, 9.17) is 10.5 Å². The molecular formula is C15H29N3O2. The molecule has 5 nitrogen and oxygen atoms in total. The SMILES string of the molecule is CC(N)C1CCCCN1CCCC(=O)N1CCOCC1. The predicted octanol–water partition coefficient (Wildman–Crippen LogP) is 0.827. The third-order valence-corrected chi connectivity index (χ3v) is 4.47.